The number of hydrogen-bond acceptors (Lipinski definition) is 10. The Morgan fingerprint density at radius 1 is 1.14 bits per heavy atom. The number of amides is 1. The number of carbonyl (C=O) groups excluding carboxylic acids is 2. The van der Waals surface area contributed by atoms with Crippen LogP contribution < -0.4 is 21.3 Å². The van der Waals surface area contributed by atoms with Gasteiger partial charge < -0.3 is 26.0 Å². The zero-order chi connectivity index (χ0) is 32.2. The maximum absolute atomic E-state index is 14.2. The summed E-state index contributed by atoms with van der Waals surface area (Å²) in [7, 11) is 1.15. The summed E-state index contributed by atoms with van der Waals surface area (Å²) in [5, 5.41) is 7.90. The minimum atomic E-state index is -4.00. The summed E-state index contributed by atoms with van der Waals surface area (Å²) in [6.07, 6.45) is 3.07. The van der Waals surface area contributed by atoms with Gasteiger partial charge >= 0.3 is 5.97 Å². The number of fused-ring (bicyclic) bond motifs is 1. The monoisotopic (exact) mass is 655 g/mol. The van der Waals surface area contributed by atoms with Gasteiger partial charge in [0.2, 0.25) is 15.9 Å². The van der Waals surface area contributed by atoms with Gasteiger partial charge in [-0.25, -0.2) is 13.2 Å². The number of nitrogens with one attached hydrogen (secondary N) is 2. The predicted molar refractivity (Wildman–Crippen MR) is 182 cm³/mol. The Hall–Kier alpha value is -2.03. The van der Waals surface area contributed by atoms with E-state index in [-0.39, 0.29) is 30.3 Å². The first kappa shape index (κ1) is 37.2. The lowest BCUT2D eigenvalue weighted by molar-refractivity contribution is -0.145. The number of anilines is 1. The summed E-state index contributed by atoms with van der Waals surface area (Å²) in [4.78, 5) is 27.7. The van der Waals surface area contributed by atoms with Crippen molar-refractivity contribution in [1.29, 1.82) is 0 Å². The number of carbonyl (C=O) groups is 2. The number of thioether (sulfide) groups is 1. The standard InChI is InChI=1S/C30H49N5O5S3/c1-7-21(2)27(32-16-23(31)19-41)17-35(18-29(36)33-26(14-15-42-6)30(37)40-5)43(38,39)20-22-10-8-12-25-24(22)11-9-13-28(25)34(3)4/h8-13,21,23,26-27,32,41H,7,14-20,31H2,1-6H3,(H,33,36)/t21-,23+,26-,27+/m0/s1. The average Bonchev–Trinajstić information content (AvgIpc) is 2.99. The van der Waals surface area contributed by atoms with Crippen LogP contribution in [0, 0.1) is 5.92 Å². The summed E-state index contributed by atoms with van der Waals surface area (Å²) >= 11 is 5.81. The summed E-state index contributed by atoms with van der Waals surface area (Å²) in [5.41, 5.74) is 7.72. The molecule has 4 N–H and O–H groups in total. The molecule has 10 nitrogen and oxygen atoms in total. The predicted octanol–water partition coefficient (Wildman–Crippen LogP) is 2.71. The van der Waals surface area contributed by atoms with E-state index in [1.807, 2.05) is 75.5 Å². The molecule has 0 aromatic heterocycles. The average molecular weight is 656 g/mol. The number of nitrogens with zero attached hydrogens (tertiary/aromatic N) is 2. The largest absolute Gasteiger partial charge is 0.467 e. The van der Waals surface area contributed by atoms with Gasteiger partial charge in [0.25, 0.3) is 0 Å². The van der Waals surface area contributed by atoms with Crippen molar-refractivity contribution >= 4 is 62.8 Å². The number of thiol groups is 1. The number of methoxy groups -OCH3 is 1. The van der Waals surface area contributed by atoms with Gasteiger partial charge in [0.15, 0.2) is 0 Å². The molecular formula is C30H49N5O5S3. The summed E-state index contributed by atoms with van der Waals surface area (Å²) in [6, 6.07) is 10.1. The molecule has 0 unspecified atom stereocenters. The Labute approximate surface area is 267 Å². The highest BCUT2D eigenvalue weighted by Crippen LogP contribution is 2.29. The highest BCUT2D eigenvalue weighted by atomic mass is 32.2. The van der Waals surface area contributed by atoms with Crippen molar-refractivity contribution in [1.82, 2.24) is 14.9 Å². The quantitative estimate of drug-likeness (QED) is 0.133. The van der Waals surface area contributed by atoms with Crippen LogP contribution in [0.5, 0.6) is 0 Å². The minimum Gasteiger partial charge on any atom is -0.467 e. The normalized spacial score (nSPS) is 14.7. The van der Waals surface area contributed by atoms with Crippen molar-refractivity contribution < 1.29 is 22.7 Å². The number of sulfonamides is 1. The lowest BCUT2D eigenvalue weighted by Crippen LogP contribution is -2.53. The van der Waals surface area contributed by atoms with Gasteiger partial charge in [-0.3, -0.25) is 4.79 Å². The second-order valence-corrected chi connectivity index (χ2v) is 14.3. The highest BCUT2D eigenvalue weighted by Gasteiger charge is 2.31. The molecule has 0 spiro atoms. The van der Waals surface area contributed by atoms with Gasteiger partial charge in [-0.15, -0.1) is 0 Å². The molecule has 0 saturated carbocycles. The molecule has 0 saturated heterocycles. The topological polar surface area (TPSA) is 134 Å². The SMILES string of the molecule is CC[C@H](C)[C@@H](CN(CC(=O)N[C@@H](CCSC)C(=O)OC)S(=O)(=O)Cc1cccc2c(N(C)C)cccc12)NC[C@@H](N)CS. The number of benzene rings is 2. The Balaban J connectivity index is 2.47. The Kier molecular flexibility index (Phi) is 15.6. The van der Waals surface area contributed by atoms with E-state index >= 15 is 0 Å². The van der Waals surface area contributed by atoms with Crippen LogP contribution in [-0.4, -0.2) is 101 Å². The van der Waals surface area contributed by atoms with Crippen LogP contribution in [0.2, 0.25) is 0 Å². The number of rotatable bonds is 19. The van der Waals surface area contributed by atoms with E-state index < -0.39 is 34.5 Å². The minimum absolute atomic E-state index is 0.0610. The molecule has 0 aliphatic rings. The number of hydrogen-bond donors (Lipinski definition) is 4. The van der Waals surface area contributed by atoms with Crippen LogP contribution in [0.25, 0.3) is 10.8 Å². The van der Waals surface area contributed by atoms with Crippen LogP contribution in [0.3, 0.4) is 0 Å². The van der Waals surface area contributed by atoms with Crippen LogP contribution in [0.4, 0.5) is 5.69 Å². The van der Waals surface area contributed by atoms with Crippen LogP contribution in [0.15, 0.2) is 36.4 Å². The first-order valence-electron chi connectivity index (χ1n) is 14.5. The van der Waals surface area contributed by atoms with E-state index in [0.717, 1.165) is 22.9 Å². The zero-order valence-corrected chi connectivity index (χ0v) is 28.7. The van der Waals surface area contributed by atoms with Crippen LogP contribution in [0.1, 0.15) is 32.3 Å². The Morgan fingerprint density at radius 3 is 2.42 bits per heavy atom. The second-order valence-electron chi connectivity index (χ2n) is 11.0. The lowest BCUT2D eigenvalue weighted by Gasteiger charge is -2.32. The summed E-state index contributed by atoms with van der Waals surface area (Å²) in [6.45, 7) is 4.16. The zero-order valence-electron chi connectivity index (χ0n) is 26.2. The maximum Gasteiger partial charge on any atom is 0.328 e. The fraction of sp³-hybridized carbons (Fsp3) is 0.600. The summed E-state index contributed by atoms with van der Waals surface area (Å²) in [5.74, 6) is -0.218. The number of esters is 1. The third kappa shape index (κ3) is 11.1. The molecule has 4 atom stereocenters. The molecule has 0 radical (unpaired) electrons. The van der Waals surface area contributed by atoms with Crippen molar-refractivity contribution in [2.45, 2.75) is 50.6 Å². The van der Waals surface area contributed by atoms with E-state index in [0.29, 0.717) is 30.0 Å². The van der Waals surface area contributed by atoms with Gasteiger partial charge in [0.1, 0.15) is 6.04 Å². The lowest BCUT2D eigenvalue weighted by atomic mass is 9.99. The van der Waals surface area contributed by atoms with Gasteiger partial charge in [-0.05, 0) is 41.4 Å². The van der Waals surface area contributed by atoms with E-state index in [9.17, 15) is 18.0 Å². The van der Waals surface area contributed by atoms with Crippen molar-refractivity contribution in [3.05, 3.63) is 42.0 Å². The molecule has 1 amide bonds. The third-order valence-electron chi connectivity index (χ3n) is 7.56. The number of ether oxygens (including phenoxy) is 1. The molecule has 2 rings (SSSR count). The van der Waals surface area contributed by atoms with Crippen LogP contribution >= 0.6 is 24.4 Å². The van der Waals surface area contributed by atoms with Crippen molar-refractivity contribution in [2.75, 3.05) is 63.5 Å². The number of nitrogens with two attached hydrogens (primary N) is 1. The van der Waals surface area contributed by atoms with Gasteiger partial charge in [-0.2, -0.15) is 28.7 Å². The van der Waals surface area contributed by atoms with E-state index in [2.05, 4.69) is 23.3 Å². The van der Waals surface area contributed by atoms with Crippen molar-refractivity contribution in [3.8, 4) is 0 Å². The van der Waals surface area contributed by atoms with E-state index in [1.54, 1.807) is 0 Å². The molecule has 2 aromatic carbocycles. The fourth-order valence-electron chi connectivity index (χ4n) is 4.78. The fourth-order valence-corrected chi connectivity index (χ4v) is 6.91. The molecule has 0 bridgehead atoms. The molecule has 2 aromatic rings. The third-order valence-corrected chi connectivity index (χ3v) is 10.4. The molecule has 0 aliphatic carbocycles. The molecule has 0 aliphatic heterocycles. The van der Waals surface area contributed by atoms with Gasteiger partial charge in [-0.1, -0.05) is 50.6 Å². The van der Waals surface area contributed by atoms with E-state index in [4.69, 9.17) is 10.5 Å². The molecular weight excluding hydrogens is 607 g/mol. The molecule has 0 fully saturated rings. The highest BCUT2D eigenvalue weighted by molar-refractivity contribution is 7.98. The molecule has 242 valence electrons. The van der Waals surface area contributed by atoms with Crippen LogP contribution in [-0.2, 0) is 30.1 Å². The maximum atomic E-state index is 14.2. The summed E-state index contributed by atoms with van der Waals surface area (Å²) < 4.78 is 34.4. The second kappa shape index (κ2) is 18.1. The first-order chi connectivity index (χ1) is 20.4. The van der Waals surface area contributed by atoms with Crippen molar-refractivity contribution in [3.63, 3.8) is 0 Å². The van der Waals surface area contributed by atoms with Crippen molar-refractivity contribution in [2.24, 2.45) is 11.7 Å². The van der Waals surface area contributed by atoms with E-state index in [1.165, 1.54) is 23.2 Å². The van der Waals surface area contributed by atoms with Gasteiger partial charge in [0, 0.05) is 56.1 Å². The molecule has 13 heteroatoms. The molecule has 0 heterocycles. The Bertz CT molecular complexity index is 1290. The van der Waals surface area contributed by atoms with Gasteiger partial charge in [0.05, 0.1) is 19.4 Å². The Morgan fingerprint density at radius 2 is 1.81 bits per heavy atom. The first-order valence-corrected chi connectivity index (χ1v) is 18.1. The molecule has 43 heavy (non-hydrogen) atoms. The smallest absolute Gasteiger partial charge is 0.328 e.